The van der Waals surface area contributed by atoms with E-state index in [2.05, 4.69) is 195 Å². The largest absolute Gasteiger partial charge is 0.310 e. The van der Waals surface area contributed by atoms with Crippen LogP contribution >= 0.6 is 0 Å². The fourth-order valence-electron chi connectivity index (χ4n) is 11.1. The van der Waals surface area contributed by atoms with Crippen molar-refractivity contribution in [1.82, 2.24) is 0 Å². The number of hydrogen-bond donors (Lipinski definition) is 0. The Kier molecular flexibility index (Phi) is 6.33. The molecule has 0 atom stereocenters. The highest BCUT2D eigenvalue weighted by molar-refractivity contribution is 6.13. The molecule has 0 spiro atoms. The molecular formula is C54H42N2. The summed E-state index contributed by atoms with van der Waals surface area (Å²) >= 11 is 0. The quantitative estimate of drug-likeness (QED) is 0.176. The summed E-state index contributed by atoms with van der Waals surface area (Å²) in [5, 5.41) is 2.70. The average Bonchev–Trinajstić information content (AvgIpc) is 3.60. The molecule has 0 radical (unpaired) electrons. The molecule has 0 aromatic heterocycles. The standard InChI is InChI=1S/C54H42N2/c1-53(2)43-31-37(55-45-21-11-5-15-33(45)29-34-16-6-12-22-46(34)55)25-27-41(43)49-39-19-9-10-20-40(39)50-42-28-26-38(32-44(42)54(3,4)52(50)51(49)53)56-47-23-13-7-17-35(47)30-36-18-8-14-24-48(36)56/h5-28,31-32H,29-30H2,1-4H3. The fourth-order valence-corrected chi connectivity index (χ4v) is 11.1. The summed E-state index contributed by atoms with van der Waals surface area (Å²) in [6, 6.07) is 59.5. The van der Waals surface area contributed by atoms with Gasteiger partial charge in [-0.3, -0.25) is 0 Å². The molecule has 4 aliphatic rings. The van der Waals surface area contributed by atoms with Gasteiger partial charge in [0, 0.05) is 57.8 Å². The van der Waals surface area contributed by atoms with Gasteiger partial charge in [0.25, 0.3) is 0 Å². The SMILES string of the molecule is CC1(C)c2cc(N3c4ccccc4Cc4ccccc43)ccc2-c2c1c1c(c3ccccc23)-c2ccc(N3c4ccccc4Cc4ccccc43)cc2C1(C)C. The monoisotopic (exact) mass is 718 g/mol. The van der Waals surface area contributed by atoms with Crippen molar-refractivity contribution < 1.29 is 0 Å². The Morgan fingerprint density at radius 2 is 0.696 bits per heavy atom. The second-order valence-electron chi connectivity index (χ2n) is 17.3. The van der Waals surface area contributed by atoms with Crippen molar-refractivity contribution in [1.29, 1.82) is 0 Å². The molecule has 2 nitrogen and oxygen atoms in total. The molecule has 2 aliphatic carbocycles. The first-order valence-corrected chi connectivity index (χ1v) is 20.1. The maximum atomic E-state index is 2.51. The predicted octanol–water partition coefficient (Wildman–Crippen LogP) is 14.2. The van der Waals surface area contributed by atoms with Crippen LogP contribution in [-0.2, 0) is 23.7 Å². The molecular weight excluding hydrogens is 677 g/mol. The highest BCUT2D eigenvalue weighted by atomic mass is 15.2. The van der Waals surface area contributed by atoms with Crippen molar-refractivity contribution in [3.05, 3.63) is 202 Å². The summed E-state index contributed by atoms with van der Waals surface area (Å²) in [5.74, 6) is 0. The topological polar surface area (TPSA) is 6.48 Å². The zero-order valence-corrected chi connectivity index (χ0v) is 32.3. The van der Waals surface area contributed by atoms with E-state index in [9.17, 15) is 0 Å². The Morgan fingerprint density at radius 3 is 1.05 bits per heavy atom. The third-order valence-electron chi connectivity index (χ3n) is 13.6. The summed E-state index contributed by atoms with van der Waals surface area (Å²) in [6.07, 6.45) is 1.91. The number of benzene rings is 8. The normalized spacial score (nSPS) is 15.9. The molecule has 56 heavy (non-hydrogen) atoms. The van der Waals surface area contributed by atoms with Gasteiger partial charge < -0.3 is 9.80 Å². The Balaban J connectivity index is 1.06. The predicted molar refractivity (Wildman–Crippen MR) is 234 cm³/mol. The summed E-state index contributed by atoms with van der Waals surface area (Å²) in [6.45, 7) is 9.89. The Labute approximate surface area is 329 Å². The smallest absolute Gasteiger partial charge is 0.0497 e. The van der Waals surface area contributed by atoms with Crippen molar-refractivity contribution >= 4 is 44.9 Å². The third-order valence-corrected chi connectivity index (χ3v) is 13.6. The molecule has 2 aliphatic heterocycles. The van der Waals surface area contributed by atoms with Gasteiger partial charge >= 0.3 is 0 Å². The zero-order chi connectivity index (χ0) is 37.5. The van der Waals surface area contributed by atoms with Crippen LogP contribution in [0.25, 0.3) is 33.0 Å². The van der Waals surface area contributed by atoms with Crippen LogP contribution in [0.1, 0.15) is 72.2 Å². The van der Waals surface area contributed by atoms with Crippen LogP contribution in [-0.4, -0.2) is 0 Å². The minimum absolute atomic E-state index is 0.226. The van der Waals surface area contributed by atoms with E-state index in [0.717, 1.165) is 12.8 Å². The molecule has 0 saturated carbocycles. The van der Waals surface area contributed by atoms with Crippen LogP contribution in [0.3, 0.4) is 0 Å². The lowest BCUT2D eigenvalue weighted by atomic mass is 9.71. The number of para-hydroxylation sites is 4. The van der Waals surface area contributed by atoms with Gasteiger partial charge in [-0.05, 0) is 126 Å². The maximum absolute atomic E-state index is 2.51. The molecule has 0 bridgehead atoms. The summed E-state index contributed by atoms with van der Waals surface area (Å²) in [5.41, 5.74) is 23.9. The van der Waals surface area contributed by atoms with Crippen molar-refractivity contribution in [3.8, 4) is 22.3 Å². The molecule has 8 aromatic carbocycles. The Morgan fingerprint density at radius 1 is 0.375 bits per heavy atom. The molecule has 0 amide bonds. The second kappa shape index (κ2) is 11.1. The zero-order valence-electron chi connectivity index (χ0n) is 32.3. The van der Waals surface area contributed by atoms with Crippen molar-refractivity contribution in [2.75, 3.05) is 9.80 Å². The van der Waals surface area contributed by atoms with Gasteiger partial charge in [0.1, 0.15) is 0 Å². The van der Waals surface area contributed by atoms with E-state index < -0.39 is 0 Å². The van der Waals surface area contributed by atoms with Crippen molar-refractivity contribution in [2.24, 2.45) is 0 Å². The van der Waals surface area contributed by atoms with Gasteiger partial charge in [0.15, 0.2) is 0 Å². The molecule has 268 valence electrons. The van der Waals surface area contributed by atoms with Gasteiger partial charge in [-0.25, -0.2) is 0 Å². The summed E-state index contributed by atoms with van der Waals surface area (Å²) < 4.78 is 0. The van der Waals surface area contributed by atoms with E-state index in [1.807, 2.05) is 0 Å². The van der Waals surface area contributed by atoms with E-state index in [1.165, 1.54) is 112 Å². The molecule has 8 aromatic rings. The summed E-state index contributed by atoms with van der Waals surface area (Å²) in [7, 11) is 0. The minimum atomic E-state index is -0.226. The highest BCUT2D eigenvalue weighted by Crippen LogP contribution is 2.63. The second-order valence-corrected chi connectivity index (χ2v) is 17.3. The van der Waals surface area contributed by atoms with E-state index in [4.69, 9.17) is 0 Å². The first-order chi connectivity index (χ1) is 27.3. The Hall–Kier alpha value is -6.38. The van der Waals surface area contributed by atoms with E-state index in [1.54, 1.807) is 0 Å². The fraction of sp³-hybridized carbons (Fsp3) is 0.148. The first kappa shape index (κ1) is 31.9. The number of fused-ring (bicyclic) bond motifs is 14. The van der Waals surface area contributed by atoms with Crippen LogP contribution in [0.4, 0.5) is 34.1 Å². The number of hydrogen-bond acceptors (Lipinski definition) is 2. The van der Waals surface area contributed by atoms with Gasteiger partial charge in [-0.15, -0.1) is 0 Å². The lowest BCUT2D eigenvalue weighted by Gasteiger charge is -2.35. The number of anilines is 6. The molecule has 0 fully saturated rings. The van der Waals surface area contributed by atoms with Crippen LogP contribution in [0.2, 0.25) is 0 Å². The molecule has 0 N–H and O–H groups in total. The van der Waals surface area contributed by atoms with Gasteiger partial charge in [-0.1, -0.05) is 137 Å². The molecule has 2 heteroatoms. The van der Waals surface area contributed by atoms with E-state index in [0.29, 0.717) is 0 Å². The average molecular weight is 719 g/mol. The van der Waals surface area contributed by atoms with Crippen LogP contribution in [0.5, 0.6) is 0 Å². The van der Waals surface area contributed by atoms with Crippen molar-refractivity contribution in [3.63, 3.8) is 0 Å². The van der Waals surface area contributed by atoms with E-state index in [-0.39, 0.29) is 10.8 Å². The lowest BCUT2D eigenvalue weighted by Crippen LogP contribution is -2.25. The highest BCUT2D eigenvalue weighted by Gasteiger charge is 2.48. The number of nitrogens with zero attached hydrogens (tertiary/aromatic N) is 2. The van der Waals surface area contributed by atoms with Gasteiger partial charge in [0.2, 0.25) is 0 Å². The van der Waals surface area contributed by atoms with E-state index >= 15 is 0 Å². The Bertz CT molecular complexity index is 2700. The van der Waals surface area contributed by atoms with Crippen molar-refractivity contribution in [2.45, 2.75) is 51.4 Å². The molecule has 12 rings (SSSR count). The first-order valence-electron chi connectivity index (χ1n) is 20.1. The van der Waals surface area contributed by atoms with Gasteiger partial charge in [0.05, 0.1) is 0 Å². The molecule has 0 unspecified atom stereocenters. The third kappa shape index (κ3) is 4.11. The van der Waals surface area contributed by atoms with Crippen LogP contribution in [0, 0.1) is 0 Å². The lowest BCUT2D eigenvalue weighted by molar-refractivity contribution is 0.602. The van der Waals surface area contributed by atoms with Crippen LogP contribution in [0.15, 0.2) is 158 Å². The molecule has 0 saturated heterocycles. The van der Waals surface area contributed by atoms with Crippen LogP contribution < -0.4 is 9.80 Å². The summed E-state index contributed by atoms with van der Waals surface area (Å²) in [4.78, 5) is 4.99. The molecule has 2 heterocycles. The number of rotatable bonds is 2. The minimum Gasteiger partial charge on any atom is -0.310 e. The maximum Gasteiger partial charge on any atom is 0.0497 e. The van der Waals surface area contributed by atoms with Gasteiger partial charge in [-0.2, -0.15) is 0 Å².